The highest BCUT2D eigenvalue weighted by atomic mass is 16.5. The lowest BCUT2D eigenvalue weighted by Crippen LogP contribution is -2.31. The van der Waals surface area contributed by atoms with Gasteiger partial charge in [0, 0.05) is 30.1 Å². The number of pyridine rings is 1. The summed E-state index contributed by atoms with van der Waals surface area (Å²) in [5, 5.41) is 12.2. The molecule has 0 saturated heterocycles. The van der Waals surface area contributed by atoms with Crippen molar-refractivity contribution in [2.75, 3.05) is 19.0 Å². The van der Waals surface area contributed by atoms with Gasteiger partial charge in [0.15, 0.2) is 0 Å². The lowest BCUT2D eigenvalue weighted by atomic mass is 10.0. The maximum atomic E-state index is 8.90. The average Bonchev–Trinajstić information content (AvgIpc) is 2.17. The number of hydrogen-bond donors (Lipinski definition) is 2. The summed E-state index contributed by atoms with van der Waals surface area (Å²) in [4.78, 5) is 4.02. The Morgan fingerprint density at radius 3 is 2.87 bits per heavy atom. The van der Waals surface area contributed by atoms with Gasteiger partial charge in [-0.3, -0.25) is 0 Å². The number of nitrogens with zero attached hydrogens (tertiary/aromatic N) is 1. The fourth-order valence-corrected chi connectivity index (χ4v) is 1.33. The van der Waals surface area contributed by atoms with Crippen LogP contribution < -0.4 is 10.1 Å². The molecule has 0 radical (unpaired) electrons. The van der Waals surface area contributed by atoms with Crippen LogP contribution in [-0.4, -0.2) is 29.3 Å². The molecular weight excluding hydrogens is 192 g/mol. The third-order valence-corrected chi connectivity index (χ3v) is 2.16. The van der Waals surface area contributed by atoms with E-state index < -0.39 is 0 Å². The molecule has 15 heavy (non-hydrogen) atoms. The van der Waals surface area contributed by atoms with Crippen LogP contribution in [-0.2, 0) is 0 Å². The number of anilines is 1. The third-order valence-electron chi connectivity index (χ3n) is 2.16. The number of aliphatic hydroxyl groups excluding tert-OH is 1. The molecule has 0 bridgehead atoms. The maximum absolute atomic E-state index is 8.90. The van der Waals surface area contributed by atoms with Crippen molar-refractivity contribution in [3.05, 3.63) is 18.3 Å². The van der Waals surface area contributed by atoms with Crippen molar-refractivity contribution in [3.8, 4) is 5.88 Å². The van der Waals surface area contributed by atoms with Crippen molar-refractivity contribution in [1.82, 2.24) is 4.98 Å². The molecule has 0 aromatic carbocycles. The monoisotopic (exact) mass is 210 g/mol. The van der Waals surface area contributed by atoms with Crippen molar-refractivity contribution >= 4 is 5.69 Å². The van der Waals surface area contributed by atoms with Crippen LogP contribution in [0.1, 0.15) is 20.3 Å². The van der Waals surface area contributed by atoms with Crippen molar-refractivity contribution in [2.24, 2.45) is 0 Å². The minimum Gasteiger partial charge on any atom is -0.481 e. The zero-order valence-electron chi connectivity index (χ0n) is 9.45. The molecule has 4 nitrogen and oxygen atoms in total. The fourth-order valence-electron chi connectivity index (χ4n) is 1.33. The number of aromatic nitrogens is 1. The van der Waals surface area contributed by atoms with E-state index in [0.29, 0.717) is 12.3 Å². The van der Waals surface area contributed by atoms with E-state index in [1.165, 1.54) is 0 Å². The van der Waals surface area contributed by atoms with E-state index in [0.717, 1.165) is 5.69 Å². The van der Waals surface area contributed by atoms with E-state index in [9.17, 15) is 0 Å². The first-order valence-corrected chi connectivity index (χ1v) is 4.96. The SMILES string of the molecule is COc1cc(NC(C)(C)CCO)ccn1. The van der Waals surface area contributed by atoms with Crippen LogP contribution in [0.15, 0.2) is 18.3 Å². The smallest absolute Gasteiger partial charge is 0.214 e. The Morgan fingerprint density at radius 2 is 2.27 bits per heavy atom. The van der Waals surface area contributed by atoms with Crippen LogP contribution >= 0.6 is 0 Å². The zero-order chi connectivity index (χ0) is 11.3. The topological polar surface area (TPSA) is 54.4 Å². The zero-order valence-corrected chi connectivity index (χ0v) is 9.45. The number of ether oxygens (including phenoxy) is 1. The second-order valence-electron chi connectivity index (χ2n) is 4.07. The van der Waals surface area contributed by atoms with Gasteiger partial charge in [0.2, 0.25) is 5.88 Å². The average molecular weight is 210 g/mol. The highest BCUT2D eigenvalue weighted by Crippen LogP contribution is 2.20. The van der Waals surface area contributed by atoms with Gasteiger partial charge in [-0.1, -0.05) is 0 Å². The second kappa shape index (κ2) is 4.98. The van der Waals surface area contributed by atoms with Gasteiger partial charge >= 0.3 is 0 Å². The molecule has 0 fully saturated rings. The molecule has 0 aliphatic carbocycles. The molecule has 1 aromatic heterocycles. The Bertz CT molecular complexity index is 313. The van der Waals surface area contributed by atoms with E-state index in [1.807, 2.05) is 26.0 Å². The van der Waals surface area contributed by atoms with Crippen molar-refractivity contribution in [3.63, 3.8) is 0 Å². The quantitative estimate of drug-likeness (QED) is 0.776. The molecule has 1 heterocycles. The van der Waals surface area contributed by atoms with E-state index in [4.69, 9.17) is 9.84 Å². The van der Waals surface area contributed by atoms with E-state index >= 15 is 0 Å². The van der Waals surface area contributed by atoms with Crippen LogP contribution in [0, 0.1) is 0 Å². The fraction of sp³-hybridized carbons (Fsp3) is 0.545. The van der Waals surface area contributed by atoms with Gasteiger partial charge in [0.05, 0.1) is 7.11 Å². The van der Waals surface area contributed by atoms with Gasteiger partial charge in [-0.2, -0.15) is 0 Å². The molecule has 1 rings (SSSR count). The van der Waals surface area contributed by atoms with Gasteiger partial charge in [-0.15, -0.1) is 0 Å². The molecule has 0 atom stereocenters. The highest BCUT2D eigenvalue weighted by Gasteiger charge is 2.16. The molecule has 2 N–H and O–H groups in total. The van der Waals surface area contributed by atoms with E-state index in [-0.39, 0.29) is 12.1 Å². The first kappa shape index (κ1) is 11.8. The van der Waals surface area contributed by atoms with Gasteiger partial charge in [-0.05, 0) is 26.3 Å². The minimum atomic E-state index is -0.138. The van der Waals surface area contributed by atoms with Crippen LogP contribution in [0.2, 0.25) is 0 Å². The molecule has 84 valence electrons. The first-order valence-electron chi connectivity index (χ1n) is 4.96. The summed E-state index contributed by atoms with van der Waals surface area (Å²) in [5.41, 5.74) is 0.807. The van der Waals surface area contributed by atoms with E-state index in [2.05, 4.69) is 10.3 Å². The maximum Gasteiger partial charge on any atom is 0.214 e. The van der Waals surface area contributed by atoms with Crippen LogP contribution in [0.5, 0.6) is 5.88 Å². The number of methoxy groups -OCH3 is 1. The standard InChI is InChI=1S/C11H18N2O2/c1-11(2,5-7-14)13-9-4-6-12-10(8-9)15-3/h4,6,8,14H,5,7H2,1-3H3,(H,12,13). The molecule has 0 aliphatic rings. The Balaban J connectivity index is 2.71. The molecule has 0 aliphatic heterocycles. The lowest BCUT2D eigenvalue weighted by Gasteiger charge is -2.26. The normalized spacial score (nSPS) is 11.2. The number of hydrogen-bond acceptors (Lipinski definition) is 4. The lowest BCUT2D eigenvalue weighted by molar-refractivity contribution is 0.261. The summed E-state index contributed by atoms with van der Waals surface area (Å²) in [6.07, 6.45) is 2.38. The summed E-state index contributed by atoms with van der Waals surface area (Å²) in [7, 11) is 1.59. The van der Waals surface area contributed by atoms with Gasteiger partial charge in [0.1, 0.15) is 0 Å². The van der Waals surface area contributed by atoms with Gasteiger partial charge < -0.3 is 15.2 Å². The number of aliphatic hydroxyl groups is 1. The second-order valence-corrected chi connectivity index (χ2v) is 4.07. The molecule has 1 aromatic rings. The predicted molar refractivity (Wildman–Crippen MR) is 60.2 cm³/mol. The molecule has 0 spiro atoms. The summed E-state index contributed by atoms with van der Waals surface area (Å²) < 4.78 is 5.03. The molecule has 4 heteroatoms. The predicted octanol–water partition coefficient (Wildman–Crippen LogP) is 1.66. The summed E-state index contributed by atoms with van der Waals surface area (Å²) in [6.45, 7) is 4.24. The summed E-state index contributed by atoms with van der Waals surface area (Å²) >= 11 is 0. The van der Waals surface area contributed by atoms with Crippen molar-refractivity contribution in [1.29, 1.82) is 0 Å². The molecule has 0 unspecified atom stereocenters. The Morgan fingerprint density at radius 1 is 1.53 bits per heavy atom. The van der Waals surface area contributed by atoms with Crippen LogP contribution in [0.4, 0.5) is 5.69 Å². The van der Waals surface area contributed by atoms with Crippen LogP contribution in [0.3, 0.4) is 0 Å². The van der Waals surface area contributed by atoms with Gasteiger partial charge in [-0.25, -0.2) is 4.98 Å². The van der Waals surface area contributed by atoms with Crippen molar-refractivity contribution in [2.45, 2.75) is 25.8 Å². The Kier molecular flexibility index (Phi) is 3.91. The van der Waals surface area contributed by atoms with Gasteiger partial charge in [0.25, 0.3) is 0 Å². The number of nitrogens with one attached hydrogen (secondary N) is 1. The van der Waals surface area contributed by atoms with E-state index in [1.54, 1.807) is 13.3 Å². The minimum absolute atomic E-state index is 0.138. The van der Waals surface area contributed by atoms with Crippen LogP contribution in [0.25, 0.3) is 0 Å². The Labute approximate surface area is 90.3 Å². The van der Waals surface area contributed by atoms with Crippen molar-refractivity contribution < 1.29 is 9.84 Å². The highest BCUT2D eigenvalue weighted by molar-refractivity contribution is 5.46. The summed E-state index contributed by atoms with van der Waals surface area (Å²) in [6, 6.07) is 3.71. The molecular formula is C11H18N2O2. The third kappa shape index (κ3) is 3.75. The largest absolute Gasteiger partial charge is 0.481 e. The molecule has 0 saturated carbocycles. The summed E-state index contributed by atoms with van der Waals surface area (Å²) in [5.74, 6) is 0.583. The first-order chi connectivity index (χ1) is 7.07. The number of rotatable bonds is 5. The molecule has 0 amide bonds. The Hall–Kier alpha value is -1.29.